The summed E-state index contributed by atoms with van der Waals surface area (Å²) in [6.07, 6.45) is 2.11. The molecule has 3 nitrogen and oxygen atoms in total. The van der Waals surface area contributed by atoms with Crippen molar-refractivity contribution in [2.75, 3.05) is 24.7 Å². The summed E-state index contributed by atoms with van der Waals surface area (Å²) in [5.74, 6) is 4.14. The van der Waals surface area contributed by atoms with Gasteiger partial charge in [-0.05, 0) is 24.1 Å². The number of ether oxygens (including phenoxy) is 2. The number of nitrogens with two attached hydrogens (primary N) is 1. The van der Waals surface area contributed by atoms with Crippen molar-refractivity contribution in [1.82, 2.24) is 0 Å². The van der Waals surface area contributed by atoms with Crippen LogP contribution in [-0.2, 0) is 0 Å². The molecule has 0 spiro atoms. The molecule has 0 aromatic heterocycles. The summed E-state index contributed by atoms with van der Waals surface area (Å²) in [6.45, 7) is 3.71. The van der Waals surface area contributed by atoms with Gasteiger partial charge in [-0.15, -0.1) is 0 Å². The van der Waals surface area contributed by atoms with E-state index in [2.05, 4.69) is 30.8 Å². The van der Waals surface area contributed by atoms with E-state index in [-0.39, 0.29) is 6.04 Å². The predicted molar refractivity (Wildman–Crippen MR) is 91.8 cm³/mol. The topological polar surface area (TPSA) is 44.5 Å². The van der Waals surface area contributed by atoms with Gasteiger partial charge in [-0.1, -0.05) is 13.0 Å². The number of fused-ring (bicyclic) bond motifs is 1. The highest BCUT2D eigenvalue weighted by atomic mass is 32.2. The molecule has 3 atom stereocenters. The molecule has 1 aromatic carbocycles. The molecule has 1 fully saturated rings. The van der Waals surface area contributed by atoms with Crippen LogP contribution in [0.15, 0.2) is 18.2 Å². The molecule has 2 N–H and O–H groups in total. The maximum absolute atomic E-state index is 6.58. The van der Waals surface area contributed by atoms with Crippen molar-refractivity contribution in [3.05, 3.63) is 23.8 Å². The van der Waals surface area contributed by atoms with Crippen molar-refractivity contribution in [2.24, 2.45) is 5.73 Å². The van der Waals surface area contributed by atoms with Crippen molar-refractivity contribution in [3.63, 3.8) is 0 Å². The average molecular weight is 325 g/mol. The Morgan fingerprint density at radius 1 is 1.19 bits per heavy atom. The van der Waals surface area contributed by atoms with Crippen LogP contribution < -0.4 is 15.2 Å². The molecule has 0 radical (unpaired) electrons. The smallest absolute Gasteiger partial charge is 0.161 e. The molecule has 5 heteroatoms. The van der Waals surface area contributed by atoms with Crippen molar-refractivity contribution in [3.8, 4) is 11.5 Å². The van der Waals surface area contributed by atoms with Crippen LogP contribution in [0.25, 0.3) is 0 Å². The first-order valence-electron chi connectivity index (χ1n) is 7.68. The molecule has 2 aliphatic rings. The summed E-state index contributed by atoms with van der Waals surface area (Å²) < 4.78 is 11.5. The Morgan fingerprint density at radius 3 is 2.76 bits per heavy atom. The zero-order chi connectivity index (χ0) is 14.7. The van der Waals surface area contributed by atoms with Gasteiger partial charge >= 0.3 is 0 Å². The molecule has 3 rings (SSSR count). The predicted octanol–water partition coefficient (Wildman–Crippen LogP) is 3.47. The van der Waals surface area contributed by atoms with E-state index >= 15 is 0 Å². The number of benzene rings is 1. The first-order valence-corrected chi connectivity index (χ1v) is 9.77. The maximum Gasteiger partial charge on any atom is 0.161 e. The average Bonchev–Trinajstić information content (AvgIpc) is 2.78. The third-order valence-electron chi connectivity index (χ3n) is 4.00. The lowest BCUT2D eigenvalue weighted by molar-refractivity contribution is 0.297. The van der Waals surface area contributed by atoms with Crippen molar-refractivity contribution in [2.45, 2.75) is 36.3 Å². The van der Waals surface area contributed by atoms with Crippen LogP contribution in [0, 0.1) is 0 Å². The van der Waals surface area contributed by atoms with E-state index in [9.17, 15) is 0 Å². The summed E-state index contributed by atoms with van der Waals surface area (Å²) in [6, 6.07) is 6.25. The fourth-order valence-electron chi connectivity index (χ4n) is 2.85. The third kappa shape index (κ3) is 3.46. The van der Waals surface area contributed by atoms with Crippen molar-refractivity contribution >= 4 is 23.5 Å². The first-order chi connectivity index (χ1) is 10.3. The van der Waals surface area contributed by atoms with Gasteiger partial charge in [0.05, 0.1) is 13.2 Å². The Morgan fingerprint density at radius 2 is 1.95 bits per heavy atom. The lowest BCUT2D eigenvalue weighted by Gasteiger charge is -2.34. The van der Waals surface area contributed by atoms with Crippen LogP contribution in [0.2, 0.25) is 0 Å². The van der Waals surface area contributed by atoms with Gasteiger partial charge in [0, 0.05) is 34.5 Å². The van der Waals surface area contributed by atoms with Gasteiger partial charge in [-0.25, -0.2) is 0 Å². The third-order valence-corrected chi connectivity index (χ3v) is 7.38. The van der Waals surface area contributed by atoms with E-state index in [1.54, 1.807) is 0 Å². The Balaban J connectivity index is 1.80. The zero-order valence-electron chi connectivity index (χ0n) is 12.4. The van der Waals surface area contributed by atoms with Crippen LogP contribution >= 0.6 is 23.5 Å². The van der Waals surface area contributed by atoms with Gasteiger partial charge in [0.15, 0.2) is 11.5 Å². The van der Waals surface area contributed by atoms with Crippen LogP contribution in [0.4, 0.5) is 0 Å². The van der Waals surface area contributed by atoms with E-state index in [0.29, 0.717) is 10.5 Å². The molecule has 0 aliphatic carbocycles. The molecule has 0 saturated carbocycles. The Bertz CT molecular complexity index is 483. The fraction of sp³-hybridized carbons (Fsp3) is 0.625. The number of hydrogen-bond acceptors (Lipinski definition) is 5. The number of rotatable bonds is 3. The summed E-state index contributed by atoms with van der Waals surface area (Å²) in [4.78, 5) is 0. The standard InChI is InChI=1S/C16H23NO2S2/c1-2-14-16(21-9-8-20-14)15(17)11-4-5-12-13(10-11)19-7-3-6-18-12/h4-5,10,14-16H,2-3,6-9,17H2,1H3. The van der Waals surface area contributed by atoms with Gasteiger partial charge < -0.3 is 15.2 Å². The second-order valence-corrected chi connectivity index (χ2v) is 8.07. The highest BCUT2D eigenvalue weighted by molar-refractivity contribution is 8.07. The Labute approximate surface area is 135 Å². The second-order valence-electron chi connectivity index (χ2n) is 5.44. The van der Waals surface area contributed by atoms with Crippen LogP contribution in [-0.4, -0.2) is 35.2 Å². The molecule has 2 heterocycles. The minimum atomic E-state index is 0.0601. The molecule has 3 unspecified atom stereocenters. The summed E-state index contributed by atoms with van der Waals surface area (Å²) in [5, 5.41) is 1.13. The molecular formula is C16H23NO2S2. The van der Waals surface area contributed by atoms with Crippen molar-refractivity contribution in [1.29, 1.82) is 0 Å². The minimum absolute atomic E-state index is 0.0601. The van der Waals surface area contributed by atoms with E-state index in [1.807, 2.05) is 17.8 Å². The molecule has 116 valence electrons. The molecule has 21 heavy (non-hydrogen) atoms. The van der Waals surface area contributed by atoms with E-state index in [1.165, 1.54) is 17.9 Å². The lowest BCUT2D eigenvalue weighted by Crippen LogP contribution is -2.35. The molecule has 1 aromatic rings. The van der Waals surface area contributed by atoms with Gasteiger partial charge in [-0.3, -0.25) is 0 Å². The van der Waals surface area contributed by atoms with E-state index < -0.39 is 0 Å². The van der Waals surface area contributed by atoms with Crippen molar-refractivity contribution < 1.29 is 9.47 Å². The van der Waals surface area contributed by atoms with E-state index in [0.717, 1.165) is 36.7 Å². The molecule has 0 amide bonds. The SMILES string of the molecule is CCC1SCCSC1C(N)c1ccc2c(c1)OCCCO2. The highest BCUT2D eigenvalue weighted by Gasteiger charge is 2.31. The normalized spacial score (nSPS) is 27.0. The second kappa shape index (κ2) is 7.16. The zero-order valence-corrected chi connectivity index (χ0v) is 14.1. The molecule has 2 aliphatic heterocycles. The van der Waals surface area contributed by atoms with Crippen LogP contribution in [0.1, 0.15) is 31.4 Å². The first kappa shape index (κ1) is 15.4. The molecular weight excluding hydrogens is 302 g/mol. The van der Waals surface area contributed by atoms with Gasteiger partial charge in [0.25, 0.3) is 0 Å². The van der Waals surface area contributed by atoms with Gasteiger partial charge in [-0.2, -0.15) is 23.5 Å². The maximum atomic E-state index is 6.58. The fourth-order valence-corrected chi connectivity index (χ4v) is 6.03. The molecule has 1 saturated heterocycles. The Kier molecular flexibility index (Phi) is 5.24. The summed E-state index contributed by atoms with van der Waals surface area (Å²) in [5.41, 5.74) is 7.74. The summed E-state index contributed by atoms with van der Waals surface area (Å²) >= 11 is 4.09. The van der Waals surface area contributed by atoms with Gasteiger partial charge in [0.1, 0.15) is 0 Å². The molecule has 0 bridgehead atoms. The van der Waals surface area contributed by atoms with Crippen LogP contribution in [0.5, 0.6) is 11.5 Å². The lowest BCUT2D eigenvalue weighted by atomic mass is 10.0. The Hall–Kier alpha value is -0.520. The number of thioether (sulfide) groups is 2. The largest absolute Gasteiger partial charge is 0.490 e. The van der Waals surface area contributed by atoms with Crippen LogP contribution in [0.3, 0.4) is 0 Å². The highest BCUT2D eigenvalue weighted by Crippen LogP contribution is 2.41. The number of hydrogen-bond donors (Lipinski definition) is 1. The quantitative estimate of drug-likeness (QED) is 0.922. The summed E-state index contributed by atoms with van der Waals surface area (Å²) in [7, 11) is 0. The van der Waals surface area contributed by atoms with E-state index in [4.69, 9.17) is 15.2 Å². The minimum Gasteiger partial charge on any atom is -0.490 e. The monoisotopic (exact) mass is 325 g/mol. The van der Waals surface area contributed by atoms with Gasteiger partial charge in [0.2, 0.25) is 0 Å².